The number of alkyl halides is 3. The molecule has 2 N–H and O–H groups in total. The molecule has 8 nitrogen and oxygen atoms in total. The zero-order chi connectivity index (χ0) is 22.0. The van der Waals surface area contributed by atoms with Gasteiger partial charge in [-0.2, -0.15) is 13.2 Å². The smallest absolute Gasteiger partial charge is 0.418 e. The molecule has 0 spiro atoms. The third kappa shape index (κ3) is 8.32. The van der Waals surface area contributed by atoms with Gasteiger partial charge in [-0.25, -0.2) is 19.6 Å². The Bertz CT molecular complexity index is 842. The highest BCUT2D eigenvalue weighted by Gasteiger charge is 2.34. The Kier molecular flexibility index (Phi) is 9.29. The van der Waals surface area contributed by atoms with Crippen LogP contribution in [0, 0.1) is 0 Å². The van der Waals surface area contributed by atoms with E-state index in [-0.39, 0.29) is 17.3 Å². The highest BCUT2D eigenvalue weighted by molar-refractivity contribution is 6.30. The summed E-state index contributed by atoms with van der Waals surface area (Å²) in [6.45, 7) is 2.50. The summed E-state index contributed by atoms with van der Waals surface area (Å²) in [6.07, 6.45) is 0.816. The highest BCUT2D eigenvalue weighted by atomic mass is 35.5. The third-order valence-corrected chi connectivity index (χ3v) is 3.31. The lowest BCUT2D eigenvalue weighted by Crippen LogP contribution is -2.18. The quantitative estimate of drug-likeness (QED) is 0.320. The topological polar surface area (TPSA) is 114 Å². The summed E-state index contributed by atoms with van der Waals surface area (Å²) < 4.78 is 46.4. The van der Waals surface area contributed by atoms with Gasteiger partial charge < -0.3 is 14.9 Å². The normalized spacial score (nSPS) is 11.6. The standard InChI is InChI=1S/C15H15ClF3N3O.C2H2O4/c1-2-7-23-9-14(22-6-5-20-10-22)21-13-4-3-11(16)8-12(13)15(17,18)19;3-1(4)2(5)6/h3-6,8,10H,2,7,9H2,1H3;(H,3,4)(H,5,6). The minimum atomic E-state index is -4.55. The van der Waals surface area contributed by atoms with Gasteiger partial charge in [0.2, 0.25) is 0 Å². The van der Waals surface area contributed by atoms with Gasteiger partial charge in [-0.05, 0) is 24.6 Å². The first kappa shape index (κ1) is 24.1. The van der Waals surface area contributed by atoms with Crippen LogP contribution in [-0.2, 0) is 20.5 Å². The molecule has 29 heavy (non-hydrogen) atoms. The first-order valence-corrected chi connectivity index (χ1v) is 8.40. The molecule has 0 saturated heterocycles. The van der Waals surface area contributed by atoms with Crippen molar-refractivity contribution in [2.75, 3.05) is 13.2 Å². The van der Waals surface area contributed by atoms with Crippen LogP contribution in [0.4, 0.5) is 18.9 Å². The summed E-state index contributed by atoms with van der Waals surface area (Å²) in [6, 6.07) is 3.47. The summed E-state index contributed by atoms with van der Waals surface area (Å²) in [5.41, 5.74) is -1.11. The number of hydrogen-bond donors (Lipinski definition) is 2. The molecule has 0 fully saturated rings. The van der Waals surface area contributed by atoms with Crippen molar-refractivity contribution >= 4 is 35.1 Å². The van der Waals surface area contributed by atoms with E-state index in [9.17, 15) is 13.2 Å². The van der Waals surface area contributed by atoms with Crippen molar-refractivity contribution in [2.45, 2.75) is 19.5 Å². The van der Waals surface area contributed by atoms with Gasteiger partial charge in [0.25, 0.3) is 0 Å². The van der Waals surface area contributed by atoms with E-state index in [1.165, 1.54) is 29.2 Å². The lowest BCUT2D eigenvalue weighted by molar-refractivity contribution is -0.159. The van der Waals surface area contributed by atoms with Crippen molar-refractivity contribution < 1.29 is 37.7 Å². The number of aliphatic carboxylic acids is 2. The lowest BCUT2D eigenvalue weighted by Gasteiger charge is -2.13. The summed E-state index contributed by atoms with van der Waals surface area (Å²) in [5, 5.41) is 14.8. The fraction of sp³-hybridized carbons (Fsp3) is 0.294. The maximum Gasteiger partial charge on any atom is 0.418 e. The second-order valence-corrected chi connectivity index (χ2v) is 5.76. The van der Waals surface area contributed by atoms with Gasteiger partial charge in [-0.15, -0.1) is 0 Å². The Morgan fingerprint density at radius 1 is 1.28 bits per heavy atom. The number of aliphatic imine (C=N–C) groups is 1. The van der Waals surface area contributed by atoms with Crippen molar-refractivity contribution in [1.82, 2.24) is 9.55 Å². The summed E-state index contributed by atoms with van der Waals surface area (Å²) in [7, 11) is 0. The molecule has 0 aliphatic carbocycles. The summed E-state index contributed by atoms with van der Waals surface area (Å²) >= 11 is 5.67. The molecule has 0 saturated carbocycles. The molecule has 0 atom stereocenters. The van der Waals surface area contributed by atoms with Gasteiger partial charge >= 0.3 is 18.1 Å². The maximum atomic E-state index is 13.1. The van der Waals surface area contributed by atoms with Crippen LogP contribution in [0.15, 0.2) is 41.9 Å². The molecular weight excluding hydrogens is 419 g/mol. The SMILES string of the molecule is CCCOCC(=Nc1ccc(Cl)cc1C(F)(F)F)n1ccnc1.O=C(O)C(=O)O. The zero-order valence-corrected chi connectivity index (χ0v) is 15.8. The van der Waals surface area contributed by atoms with Crippen LogP contribution in [-0.4, -0.2) is 50.8 Å². The van der Waals surface area contributed by atoms with E-state index < -0.39 is 23.7 Å². The number of rotatable bonds is 5. The molecule has 2 rings (SSSR count). The maximum absolute atomic E-state index is 13.1. The highest BCUT2D eigenvalue weighted by Crippen LogP contribution is 2.38. The fourth-order valence-corrected chi connectivity index (χ4v) is 2.03. The average molecular weight is 436 g/mol. The number of benzene rings is 1. The molecule has 158 valence electrons. The predicted octanol–water partition coefficient (Wildman–Crippen LogP) is 3.72. The van der Waals surface area contributed by atoms with Crippen molar-refractivity contribution in [2.24, 2.45) is 4.99 Å². The number of nitrogens with zero attached hydrogens (tertiary/aromatic N) is 3. The molecule has 1 aromatic carbocycles. The zero-order valence-electron chi connectivity index (χ0n) is 15.1. The summed E-state index contributed by atoms with van der Waals surface area (Å²) in [4.78, 5) is 26.2. The second kappa shape index (κ2) is 11.2. The Morgan fingerprint density at radius 2 is 1.93 bits per heavy atom. The van der Waals surface area contributed by atoms with Gasteiger partial charge in [0, 0.05) is 24.0 Å². The predicted molar refractivity (Wildman–Crippen MR) is 97.6 cm³/mol. The summed E-state index contributed by atoms with van der Waals surface area (Å²) in [5.74, 6) is -3.34. The number of halogens is 4. The molecule has 2 aromatic rings. The minimum Gasteiger partial charge on any atom is -0.473 e. The van der Waals surface area contributed by atoms with Crippen LogP contribution in [0.2, 0.25) is 5.02 Å². The third-order valence-electron chi connectivity index (χ3n) is 3.08. The molecule has 12 heteroatoms. The van der Waals surface area contributed by atoms with Crippen LogP contribution >= 0.6 is 11.6 Å². The van der Waals surface area contributed by atoms with Gasteiger partial charge in [0.15, 0.2) is 0 Å². The lowest BCUT2D eigenvalue weighted by atomic mass is 10.1. The Labute approximate surface area is 168 Å². The number of carboxylic acids is 2. The van der Waals surface area contributed by atoms with Crippen LogP contribution < -0.4 is 0 Å². The fourth-order valence-electron chi connectivity index (χ4n) is 1.86. The molecular formula is C17H17ClF3N3O5. The first-order chi connectivity index (χ1) is 13.6. The molecule has 0 radical (unpaired) electrons. The van der Waals surface area contributed by atoms with E-state index in [1.54, 1.807) is 6.20 Å². The van der Waals surface area contributed by atoms with Crippen LogP contribution in [0.5, 0.6) is 0 Å². The molecule has 0 bridgehead atoms. The van der Waals surface area contributed by atoms with Crippen LogP contribution in [0.3, 0.4) is 0 Å². The minimum absolute atomic E-state index is 0.00249. The molecule has 0 aliphatic rings. The Hall–Kier alpha value is -2.92. The molecule has 1 heterocycles. The first-order valence-electron chi connectivity index (χ1n) is 8.02. The number of aromatic nitrogens is 2. The second-order valence-electron chi connectivity index (χ2n) is 5.32. The Morgan fingerprint density at radius 3 is 2.41 bits per heavy atom. The van der Waals surface area contributed by atoms with Crippen molar-refractivity contribution in [1.29, 1.82) is 0 Å². The van der Waals surface area contributed by atoms with E-state index in [1.807, 2.05) is 6.92 Å². The van der Waals surface area contributed by atoms with Gasteiger partial charge in [-0.1, -0.05) is 18.5 Å². The number of hydrogen-bond acceptors (Lipinski definition) is 5. The van der Waals surface area contributed by atoms with E-state index >= 15 is 0 Å². The van der Waals surface area contributed by atoms with Gasteiger partial charge in [0.05, 0.1) is 11.3 Å². The number of ether oxygens (including phenoxy) is 1. The van der Waals surface area contributed by atoms with E-state index in [4.69, 9.17) is 36.1 Å². The van der Waals surface area contributed by atoms with Crippen molar-refractivity contribution in [3.05, 3.63) is 47.5 Å². The number of imidazole rings is 1. The van der Waals surface area contributed by atoms with E-state index in [0.29, 0.717) is 12.4 Å². The monoisotopic (exact) mass is 435 g/mol. The van der Waals surface area contributed by atoms with Crippen molar-refractivity contribution in [3.8, 4) is 0 Å². The van der Waals surface area contributed by atoms with Crippen molar-refractivity contribution in [3.63, 3.8) is 0 Å². The number of carbonyl (C=O) groups is 2. The number of carboxylic acid groups (broad SMARTS) is 2. The largest absolute Gasteiger partial charge is 0.473 e. The Balaban J connectivity index is 0.000000612. The molecule has 0 aliphatic heterocycles. The van der Waals surface area contributed by atoms with Gasteiger partial charge in [-0.3, -0.25) is 4.57 Å². The van der Waals surface area contributed by atoms with Crippen LogP contribution in [0.25, 0.3) is 0 Å². The molecule has 0 unspecified atom stereocenters. The van der Waals surface area contributed by atoms with E-state index in [2.05, 4.69) is 9.98 Å². The van der Waals surface area contributed by atoms with Gasteiger partial charge in [0.1, 0.15) is 18.8 Å². The molecule has 1 aromatic heterocycles. The van der Waals surface area contributed by atoms with Crippen LogP contribution in [0.1, 0.15) is 18.9 Å². The van der Waals surface area contributed by atoms with E-state index in [0.717, 1.165) is 12.5 Å². The molecule has 0 amide bonds. The average Bonchev–Trinajstić information content (AvgIpc) is 3.16.